The third-order valence-electron chi connectivity index (χ3n) is 4.72. The normalized spacial score (nSPS) is 17.5. The summed E-state index contributed by atoms with van der Waals surface area (Å²) in [6, 6.07) is -0.704. The molecule has 0 spiro atoms. The average Bonchev–Trinajstić information content (AvgIpc) is 3.19. The van der Waals surface area contributed by atoms with Gasteiger partial charge >= 0.3 is 5.97 Å². The Morgan fingerprint density at radius 3 is 2.39 bits per heavy atom. The lowest BCUT2D eigenvalue weighted by Gasteiger charge is -2.27. The maximum atomic E-state index is 12.8. The van der Waals surface area contributed by atoms with Crippen molar-refractivity contribution in [3.63, 3.8) is 0 Å². The molecule has 1 heterocycles. The van der Waals surface area contributed by atoms with Crippen LogP contribution in [0.5, 0.6) is 5.75 Å². The molecule has 1 aliphatic rings. The van der Waals surface area contributed by atoms with E-state index in [1.54, 1.807) is 0 Å². The highest BCUT2D eigenvalue weighted by Gasteiger charge is 2.37. The van der Waals surface area contributed by atoms with Crippen molar-refractivity contribution in [2.24, 2.45) is 0 Å². The number of aromatic hydroxyl groups is 1. The number of carbonyl (C=O) groups is 5. The number of amides is 3. The summed E-state index contributed by atoms with van der Waals surface area (Å²) < 4.78 is 0. The van der Waals surface area contributed by atoms with Gasteiger partial charge in [0.2, 0.25) is 11.8 Å². The van der Waals surface area contributed by atoms with E-state index in [1.807, 2.05) is 0 Å². The molecule has 3 amide bonds. The second kappa shape index (κ2) is 10.5. The second-order valence-electron chi connectivity index (χ2n) is 7.02. The third-order valence-corrected chi connectivity index (χ3v) is 5.30. The van der Waals surface area contributed by atoms with Crippen LogP contribution < -0.4 is 10.6 Å². The van der Waals surface area contributed by atoms with E-state index in [0.29, 0.717) is 19.1 Å². The van der Waals surface area contributed by atoms with Gasteiger partial charge in [-0.3, -0.25) is 19.2 Å². The number of halogens is 2. The molecule has 0 aliphatic carbocycles. The number of nitrogens with zero attached hydrogens (tertiary/aromatic N) is 1. The first-order valence-corrected chi connectivity index (χ1v) is 10.1. The highest BCUT2D eigenvalue weighted by molar-refractivity contribution is 6.37. The molecule has 0 radical (unpaired) electrons. The molecule has 0 aromatic heterocycles. The lowest BCUT2D eigenvalue weighted by molar-refractivity contribution is -0.141. The summed E-state index contributed by atoms with van der Waals surface area (Å²) in [5, 5.41) is 22.9. The van der Waals surface area contributed by atoms with E-state index in [2.05, 4.69) is 10.6 Å². The average molecular weight is 474 g/mol. The van der Waals surface area contributed by atoms with Crippen molar-refractivity contribution in [1.29, 1.82) is 0 Å². The van der Waals surface area contributed by atoms with Crippen molar-refractivity contribution in [2.45, 2.75) is 44.3 Å². The number of phenolic OH excluding ortho intramolecular Hbond substituents is 1. The zero-order valence-electron chi connectivity index (χ0n) is 16.4. The Hall–Kier alpha value is -2.85. The lowest BCUT2D eigenvalue weighted by Crippen LogP contribution is -2.54. The second-order valence-corrected chi connectivity index (χ2v) is 7.84. The van der Waals surface area contributed by atoms with Crippen molar-refractivity contribution >= 4 is 53.2 Å². The topological polar surface area (TPSA) is 153 Å². The summed E-state index contributed by atoms with van der Waals surface area (Å²) in [5.74, 6) is -3.44. The maximum Gasteiger partial charge on any atom is 0.305 e. The van der Waals surface area contributed by atoms with Crippen LogP contribution in [0.15, 0.2) is 12.1 Å². The number of benzene rings is 1. The summed E-state index contributed by atoms with van der Waals surface area (Å²) in [7, 11) is 0. The lowest BCUT2D eigenvalue weighted by atomic mass is 10.1. The third kappa shape index (κ3) is 6.08. The Kier molecular flexibility index (Phi) is 8.23. The molecule has 10 nitrogen and oxygen atoms in total. The van der Waals surface area contributed by atoms with E-state index < -0.39 is 48.2 Å². The Bertz CT molecular complexity index is 885. The molecule has 168 valence electrons. The largest absolute Gasteiger partial charge is 0.505 e. The number of aldehydes is 1. The Labute approximate surface area is 187 Å². The molecule has 1 aliphatic heterocycles. The van der Waals surface area contributed by atoms with Gasteiger partial charge in [0.1, 0.15) is 18.4 Å². The monoisotopic (exact) mass is 473 g/mol. The SMILES string of the molecule is C[C@H](NC(=O)c1cc(Cl)c(O)c(Cl)c1)C(=O)N1CCCC1C(=O)N[C@H](C=O)CC(=O)O. The number of hydrogen-bond donors (Lipinski definition) is 4. The van der Waals surface area contributed by atoms with Crippen molar-refractivity contribution in [2.75, 3.05) is 6.54 Å². The maximum absolute atomic E-state index is 12.8. The molecular formula is C19H21Cl2N3O7. The van der Waals surface area contributed by atoms with Gasteiger partial charge < -0.3 is 30.5 Å². The molecule has 0 bridgehead atoms. The van der Waals surface area contributed by atoms with E-state index in [-0.39, 0.29) is 27.9 Å². The zero-order valence-corrected chi connectivity index (χ0v) is 17.9. The number of aliphatic carboxylic acids is 1. The Morgan fingerprint density at radius 1 is 1.23 bits per heavy atom. The predicted molar refractivity (Wildman–Crippen MR) is 110 cm³/mol. The smallest absolute Gasteiger partial charge is 0.305 e. The quantitative estimate of drug-likeness (QED) is 0.410. The van der Waals surface area contributed by atoms with Crippen LogP contribution in [-0.2, 0) is 19.2 Å². The minimum Gasteiger partial charge on any atom is -0.505 e. The summed E-state index contributed by atoms with van der Waals surface area (Å²) in [6.45, 7) is 1.70. The van der Waals surface area contributed by atoms with E-state index in [9.17, 15) is 29.1 Å². The minimum absolute atomic E-state index is 0.0330. The van der Waals surface area contributed by atoms with Crippen LogP contribution in [0, 0.1) is 0 Å². The predicted octanol–water partition coefficient (Wildman–Crippen LogP) is 0.967. The van der Waals surface area contributed by atoms with E-state index in [0.717, 1.165) is 0 Å². The summed E-state index contributed by atoms with van der Waals surface area (Å²) in [4.78, 5) is 60.8. The van der Waals surface area contributed by atoms with Crippen LogP contribution in [0.1, 0.15) is 36.5 Å². The van der Waals surface area contributed by atoms with Crippen molar-refractivity contribution in [1.82, 2.24) is 15.5 Å². The Morgan fingerprint density at radius 2 is 1.84 bits per heavy atom. The van der Waals surface area contributed by atoms with E-state index in [4.69, 9.17) is 28.3 Å². The fourth-order valence-electron chi connectivity index (χ4n) is 3.19. The van der Waals surface area contributed by atoms with Gasteiger partial charge in [0.05, 0.1) is 22.5 Å². The summed E-state index contributed by atoms with van der Waals surface area (Å²) in [6.07, 6.45) is 0.614. The number of carboxylic acids is 1. The zero-order chi connectivity index (χ0) is 23.3. The highest BCUT2D eigenvalue weighted by atomic mass is 35.5. The highest BCUT2D eigenvalue weighted by Crippen LogP contribution is 2.32. The first kappa shape index (κ1) is 24.4. The fourth-order valence-corrected chi connectivity index (χ4v) is 3.68. The van der Waals surface area contributed by atoms with Gasteiger partial charge in [0.25, 0.3) is 5.91 Å². The molecule has 0 saturated carbocycles. The van der Waals surface area contributed by atoms with Crippen LogP contribution in [0.3, 0.4) is 0 Å². The number of carbonyl (C=O) groups excluding carboxylic acids is 4. The summed E-state index contributed by atoms with van der Waals surface area (Å²) >= 11 is 11.6. The Balaban J connectivity index is 2.05. The van der Waals surface area contributed by atoms with Gasteiger partial charge in [-0.25, -0.2) is 0 Å². The number of phenols is 1. The molecule has 1 unspecified atom stereocenters. The minimum atomic E-state index is -1.25. The van der Waals surface area contributed by atoms with Crippen molar-refractivity contribution < 1.29 is 34.2 Å². The molecule has 1 aromatic carbocycles. The van der Waals surface area contributed by atoms with Gasteiger partial charge in [0.15, 0.2) is 5.75 Å². The molecule has 1 aromatic rings. The molecular weight excluding hydrogens is 453 g/mol. The van der Waals surface area contributed by atoms with Crippen LogP contribution in [-0.4, -0.2) is 69.8 Å². The van der Waals surface area contributed by atoms with E-state index in [1.165, 1.54) is 24.0 Å². The van der Waals surface area contributed by atoms with Crippen molar-refractivity contribution in [3.8, 4) is 5.75 Å². The van der Waals surface area contributed by atoms with Crippen LogP contribution in [0.2, 0.25) is 10.0 Å². The fraction of sp³-hybridized carbons (Fsp3) is 0.421. The molecule has 1 fully saturated rings. The van der Waals surface area contributed by atoms with Crippen molar-refractivity contribution in [3.05, 3.63) is 27.7 Å². The van der Waals surface area contributed by atoms with Gasteiger partial charge in [-0.2, -0.15) is 0 Å². The molecule has 4 N–H and O–H groups in total. The van der Waals surface area contributed by atoms with Gasteiger partial charge in [0, 0.05) is 12.1 Å². The molecule has 3 atom stereocenters. The van der Waals surface area contributed by atoms with Crippen LogP contribution in [0.4, 0.5) is 0 Å². The standard InChI is InChI=1S/C19H21Cl2N3O7/c1-9(22-17(29)10-5-12(20)16(28)13(21)6-10)19(31)24-4-2-3-14(24)18(30)23-11(8-25)7-15(26)27/h5-6,8-9,11,14,28H,2-4,7H2,1H3,(H,22,29)(H,23,30)(H,26,27)/t9-,11-,14?/m0/s1. The van der Waals surface area contributed by atoms with Crippen LogP contribution in [0.25, 0.3) is 0 Å². The van der Waals surface area contributed by atoms with E-state index >= 15 is 0 Å². The number of hydrogen-bond acceptors (Lipinski definition) is 6. The van der Waals surface area contributed by atoms with Gasteiger partial charge in [-0.1, -0.05) is 23.2 Å². The summed E-state index contributed by atoms with van der Waals surface area (Å²) in [5.41, 5.74) is 0.0330. The molecule has 12 heteroatoms. The first-order chi connectivity index (χ1) is 14.5. The number of carboxylic acid groups (broad SMARTS) is 1. The first-order valence-electron chi connectivity index (χ1n) is 9.32. The molecule has 2 rings (SSSR count). The van der Waals surface area contributed by atoms with Crippen LogP contribution >= 0.6 is 23.2 Å². The molecule has 1 saturated heterocycles. The number of rotatable bonds is 8. The number of nitrogens with one attached hydrogen (secondary N) is 2. The number of likely N-dealkylation sites (tertiary alicyclic amines) is 1. The van der Waals surface area contributed by atoms with Gasteiger partial charge in [-0.15, -0.1) is 0 Å². The molecule has 31 heavy (non-hydrogen) atoms. The van der Waals surface area contributed by atoms with Gasteiger partial charge in [-0.05, 0) is 31.9 Å².